The Morgan fingerprint density at radius 2 is 2.53 bits per heavy atom. The zero-order valence-corrected chi connectivity index (χ0v) is 10.4. The molecule has 0 amide bonds. The molecule has 0 saturated carbocycles. The maximum Gasteiger partial charge on any atom is 0.375 e. The molecule has 2 radical (unpaired) electrons. The van der Waals surface area contributed by atoms with Gasteiger partial charge in [0.05, 0.1) is 0 Å². The van der Waals surface area contributed by atoms with E-state index >= 15 is 0 Å². The molecule has 0 aliphatic carbocycles. The summed E-state index contributed by atoms with van der Waals surface area (Å²) in [6, 6.07) is 4.65. The van der Waals surface area contributed by atoms with Gasteiger partial charge < -0.3 is 9.76 Å². The zero-order valence-electron chi connectivity index (χ0n) is 8.72. The topological polar surface area (TPSA) is 71.8 Å². The van der Waals surface area contributed by atoms with E-state index in [0.29, 0.717) is 5.75 Å². The molecular weight excluding hydrogens is 259 g/mol. The lowest BCUT2D eigenvalue weighted by Crippen LogP contribution is -2.20. The van der Waals surface area contributed by atoms with Gasteiger partial charge in [0.25, 0.3) is 0 Å². The van der Waals surface area contributed by atoms with Gasteiger partial charge >= 0.3 is 14.0 Å². The Balaban J connectivity index is 2.37. The summed E-state index contributed by atoms with van der Waals surface area (Å²) in [6.07, 6.45) is 2.60. The summed E-state index contributed by atoms with van der Waals surface area (Å²) < 4.78 is 4.10. The first kappa shape index (κ1) is 13.9. The lowest BCUT2D eigenvalue weighted by molar-refractivity contribution is -0.137. The van der Waals surface area contributed by atoms with Crippen LogP contribution in [0.15, 0.2) is 34.4 Å². The molecule has 0 spiro atoms. The van der Waals surface area contributed by atoms with Crippen LogP contribution in [0.5, 0.6) is 0 Å². The highest BCUT2D eigenvalue weighted by atomic mass is 33.1. The second-order valence-electron chi connectivity index (χ2n) is 2.78. The number of aliphatic carboxylic acids is 1. The number of carboxylic acid groups (broad SMARTS) is 1. The second kappa shape index (κ2) is 8.02. The van der Waals surface area contributed by atoms with E-state index in [1.54, 1.807) is 6.20 Å². The fourth-order valence-corrected chi connectivity index (χ4v) is 2.88. The maximum absolute atomic E-state index is 10.8. The van der Waals surface area contributed by atoms with Crippen molar-refractivity contribution in [3.8, 4) is 0 Å². The summed E-state index contributed by atoms with van der Waals surface area (Å²) in [5.41, 5.74) is 0. The summed E-state index contributed by atoms with van der Waals surface area (Å²) in [6.45, 7) is 0. The highest BCUT2D eigenvalue weighted by molar-refractivity contribution is 8.76. The molecule has 17 heavy (non-hydrogen) atoms. The summed E-state index contributed by atoms with van der Waals surface area (Å²) >= 11 is 0. The van der Waals surface area contributed by atoms with E-state index in [-0.39, 0.29) is 0 Å². The van der Waals surface area contributed by atoms with Crippen LogP contribution in [0.25, 0.3) is 0 Å². The van der Waals surface area contributed by atoms with Crippen LogP contribution in [0, 0.1) is 0 Å². The van der Waals surface area contributed by atoms with Gasteiger partial charge in [-0.3, -0.25) is 0 Å². The molecular formula is C9H9BN2O3S2. The molecule has 0 bridgehead atoms. The first-order valence-electron chi connectivity index (χ1n) is 4.54. The summed E-state index contributed by atoms with van der Waals surface area (Å²) in [5.74, 6) is -0.719. The van der Waals surface area contributed by atoms with Gasteiger partial charge in [0.2, 0.25) is 0 Å². The van der Waals surface area contributed by atoms with Gasteiger partial charge in [-0.15, -0.1) is 0 Å². The minimum absolute atomic E-state index is 0.302. The van der Waals surface area contributed by atoms with Crippen molar-refractivity contribution in [2.45, 2.75) is 11.1 Å². The molecule has 1 rings (SSSR count). The van der Waals surface area contributed by atoms with Gasteiger partial charge in [-0.2, -0.15) is 0 Å². The fraction of sp³-hybridized carbons (Fsp3) is 0.222. The molecule has 0 fully saturated rings. The molecule has 0 saturated heterocycles. The van der Waals surface area contributed by atoms with E-state index in [2.05, 4.69) is 14.6 Å². The average molecular weight is 268 g/mol. The van der Waals surface area contributed by atoms with Gasteiger partial charge in [-0.25, -0.2) is 14.8 Å². The van der Waals surface area contributed by atoms with E-state index in [1.807, 2.05) is 18.2 Å². The van der Waals surface area contributed by atoms with Crippen molar-refractivity contribution in [3.05, 3.63) is 24.4 Å². The van der Waals surface area contributed by atoms with E-state index in [0.717, 1.165) is 11.4 Å². The third-order valence-electron chi connectivity index (χ3n) is 1.59. The number of carboxylic acids is 1. The standard InChI is InChI=1S/C9H9BN2O3S2/c10-15-6-12-7(9(13)14)5-16-17-8-3-1-2-4-11-8/h1-4,6-7H,5H2,(H,13,14). The van der Waals surface area contributed by atoms with Crippen molar-refractivity contribution >= 4 is 42.0 Å². The van der Waals surface area contributed by atoms with Crippen LogP contribution in [0.4, 0.5) is 0 Å². The number of pyridine rings is 1. The quantitative estimate of drug-likeness (QED) is 0.349. The van der Waals surface area contributed by atoms with E-state index in [9.17, 15) is 4.79 Å². The van der Waals surface area contributed by atoms with Gasteiger partial charge in [0, 0.05) is 11.9 Å². The third-order valence-corrected chi connectivity index (χ3v) is 3.85. The highest BCUT2D eigenvalue weighted by Gasteiger charge is 2.15. The Morgan fingerprint density at radius 3 is 3.12 bits per heavy atom. The molecule has 5 nitrogen and oxygen atoms in total. The lowest BCUT2D eigenvalue weighted by atomic mass is 10.4. The molecule has 1 heterocycles. The normalized spacial score (nSPS) is 12.5. The van der Waals surface area contributed by atoms with Gasteiger partial charge in [-0.1, -0.05) is 16.9 Å². The van der Waals surface area contributed by atoms with Crippen molar-refractivity contribution in [2.24, 2.45) is 4.99 Å². The molecule has 8 heteroatoms. The summed E-state index contributed by atoms with van der Waals surface area (Å²) in [4.78, 5) is 18.5. The minimum Gasteiger partial charge on any atom is -0.560 e. The maximum atomic E-state index is 10.8. The number of carbonyl (C=O) groups is 1. The van der Waals surface area contributed by atoms with E-state index in [1.165, 1.54) is 21.6 Å². The van der Waals surface area contributed by atoms with E-state index < -0.39 is 12.0 Å². The number of hydrogen-bond acceptors (Lipinski definition) is 6. The molecule has 88 valence electrons. The van der Waals surface area contributed by atoms with Gasteiger partial charge in [0.1, 0.15) is 5.03 Å². The molecule has 1 aromatic rings. The SMILES string of the molecule is [B]OC=NC(CSSc1ccccn1)C(=O)O. The fourth-order valence-electron chi connectivity index (χ4n) is 0.842. The highest BCUT2D eigenvalue weighted by Crippen LogP contribution is 2.29. The van der Waals surface area contributed by atoms with Gasteiger partial charge in [0.15, 0.2) is 12.4 Å². The van der Waals surface area contributed by atoms with E-state index in [4.69, 9.17) is 13.2 Å². The van der Waals surface area contributed by atoms with Crippen molar-refractivity contribution in [3.63, 3.8) is 0 Å². The smallest absolute Gasteiger partial charge is 0.375 e. The van der Waals surface area contributed by atoms with Crippen LogP contribution < -0.4 is 0 Å². The first-order chi connectivity index (χ1) is 8.24. The Kier molecular flexibility index (Phi) is 6.57. The van der Waals surface area contributed by atoms with Crippen molar-refractivity contribution in [1.29, 1.82) is 0 Å². The van der Waals surface area contributed by atoms with Crippen LogP contribution in [-0.2, 0) is 9.45 Å². The average Bonchev–Trinajstić information content (AvgIpc) is 2.34. The van der Waals surface area contributed by atoms with Crippen molar-refractivity contribution < 1.29 is 14.6 Å². The molecule has 1 aromatic heterocycles. The number of rotatable bonds is 7. The van der Waals surface area contributed by atoms with Crippen LogP contribution >= 0.6 is 21.6 Å². The number of nitrogens with zero attached hydrogens (tertiary/aromatic N) is 2. The van der Waals surface area contributed by atoms with Gasteiger partial charge in [-0.05, 0) is 22.9 Å². The van der Waals surface area contributed by atoms with Crippen molar-refractivity contribution in [1.82, 2.24) is 4.98 Å². The number of aliphatic imine (C=N–C) groups is 1. The van der Waals surface area contributed by atoms with Crippen LogP contribution in [0.1, 0.15) is 0 Å². The van der Waals surface area contributed by atoms with Crippen LogP contribution in [-0.4, -0.2) is 42.3 Å². The second-order valence-corrected chi connectivity index (χ2v) is 5.14. The summed E-state index contributed by atoms with van der Waals surface area (Å²) in [7, 11) is 7.48. The zero-order chi connectivity index (χ0) is 12.5. The number of hydrogen-bond donors (Lipinski definition) is 1. The Bertz CT molecular complexity index is 378. The molecule has 0 aliphatic heterocycles. The number of aromatic nitrogens is 1. The first-order valence-corrected chi connectivity index (χ1v) is 6.86. The molecule has 0 aromatic carbocycles. The Hall–Kier alpha value is -1.15. The predicted octanol–water partition coefficient (Wildman–Crippen LogP) is 1.40. The van der Waals surface area contributed by atoms with Crippen LogP contribution in [0.2, 0.25) is 0 Å². The lowest BCUT2D eigenvalue weighted by Gasteiger charge is -2.05. The minimum atomic E-state index is -1.02. The molecule has 1 unspecified atom stereocenters. The van der Waals surface area contributed by atoms with Crippen molar-refractivity contribution in [2.75, 3.05) is 5.75 Å². The largest absolute Gasteiger partial charge is 0.560 e. The molecule has 1 atom stereocenters. The predicted molar refractivity (Wildman–Crippen MR) is 69.3 cm³/mol. The summed E-state index contributed by atoms with van der Waals surface area (Å²) in [5, 5.41) is 9.67. The monoisotopic (exact) mass is 268 g/mol. The Morgan fingerprint density at radius 1 is 1.71 bits per heavy atom. The molecule has 1 N–H and O–H groups in total. The van der Waals surface area contributed by atoms with Crippen LogP contribution in [0.3, 0.4) is 0 Å². The Labute approximate surface area is 108 Å². The third kappa shape index (κ3) is 5.64. The molecule has 0 aliphatic rings.